The minimum absolute atomic E-state index is 0.574. The van der Waals surface area contributed by atoms with Crippen molar-refractivity contribution in [3.05, 3.63) is 0 Å². The Morgan fingerprint density at radius 3 is 2.04 bits per heavy atom. The van der Waals surface area contributed by atoms with E-state index in [0.29, 0.717) is 0 Å². The third-order valence-electron chi connectivity index (χ3n) is 4.38. The van der Waals surface area contributed by atoms with E-state index in [9.17, 15) is 40.5 Å². The van der Waals surface area contributed by atoms with E-state index in [4.69, 9.17) is 14.2 Å². The van der Waals surface area contributed by atoms with Crippen LogP contribution < -0.4 is 5.32 Å². The van der Waals surface area contributed by atoms with Crippen LogP contribution >= 0.6 is 0 Å². The second kappa shape index (κ2) is 8.84. The number of ether oxygens (including phenoxy) is 3. The van der Waals surface area contributed by atoms with Crippen LogP contribution in [0.15, 0.2) is 0 Å². The molecule has 26 heavy (non-hydrogen) atoms. The van der Waals surface area contributed by atoms with E-state index in [0.717, 1.165) is 6.92 Å². The topological polar surface area (TPSA) is 198 Å². The third-order valence-corrected chi connectivity index (χ3v) is 4.38. The smallest absolute Gasteiger partial charge is 0.217 e. The predicted molar refractivity (Wildman–Crippen MR) is 80.2 cm³/mol. The van der Waals surface area contributed by atoms with Crippen LogP contribution in [-0.2, 0) is 19.0 Å². The lowest BCUT2D eigenvalue weighted by Gasteiger charge is -2.46. The molecule has 0 aromatic rings. The fourth-order valence-electron chi connectivity index (χ4n) is 2.97. The van der Waals surface area contributed by atoms with E-state index in [1.807, 2.05) is 0 Å². The van der Waals surface area contributed by atoms with Crippen molar-refractivity contribution in [2.75, 3.05) is 13.2 Å². The minimum Gasteiger partial charge on any atom is -0.394 e. The lowest BCUT2D eigenvalue weighted by atomic mass is 9.95. The van der Waals surface area contributed by atoms with E-state index in [1.165, 1.54) is 0 Å². The molecule has 2 aliphatic heterocycles. The van der Waals surface area contributed by atoms with E-state index >= 15 is 0 Å². The van der Waals surface area contributed by atoms with E-state index < -0.39 is 80.5 Å². The van der Waals surface area contributed by atoms with Crippen LogP contribution in [0.5, 0.6) is 0 Å². The van der Waals surface area contributed by atoms with Gasteiger partial charge < -0.3 is 55.3 Å². The molecule has 12 nitrogen and oxygen atoms in total. The number of hydrogen-bond donors (Lipinski definition) is 8. The van der Waals surface area contributed by atoms with Crippen LogP contribution in [0.25, 0.3) is 0 Å². The molecule has 0 spiro atoms. The number of hydrogen-bond acceptors (Lipinski definition) is 11. The van der Waals surface area contributed by atoms with Crippen molar-refractivity contribution in [3.8, 4) is 0 Å². The fraction of sp³-hybridized carbons (Fsp3) is 0.929. The number of aliphatic hydroxyl groups is 7. The van der Waals surface area contributed by atoms with Crippen LogP contribution in [0.2, 0.25) is 0 Å². The number of rotatable bonds is 5. The van der Waals surface area contributed by atoms with Gasteiger partial charge in [-0.05, 0) is 0 Å². The summed E-state index contributed by atoms with van der Waals surface area (Å²) in [7, 11) is 0. The average molecular weight is 383 g/mol. The first-order valence-corrected chi connectivity index (χ1v) is 8.06. The highest BCUT2D eigenvalue weighted by atomic mass is 16.7. The second-order valence-corrected chi connectivity index (χ2v) is 6.26. The molecule has 8 N–H and O–H groups in total. The van der Waals surface area contributed by atoms with Gasteiger partial charge in [0.2, 0.25) is 5.91 Å². The number of nitrogens with one attached hydrogen (secondary N) is 1. The Balaban J connectivity index is 2.21. The molecule has 10 atom stereocenters. The molecule has 2 saturated heterocycles. The van der Waals surface area contributed by atoms with Gasteiger partial charge in [0, 0.05) is 6.92 Å². The minimum atomic E-state index is -1.74. The second-order valence-electron chi connectivity index (χ2n) is 6.26. The molecule has 0 aliphatic carbocycles. The number of amides is 1. The zero-order valence-electron chi connectivity index (χ0n) is 14.0. The van der Waals surface area contributed by atoms with Crippen molar-refractivity contribution in [1.29, 1.82) is 0 Å². The van der Waals surface area contributed by atoms with E-state index in [2.05, 4.69) is 5.32 Å². The number of carbonyl (C=O) groups excluding carboxylic acids is 1. The Hall–Kier alpha value is -0.930. The molecular weight excluding hydrogens is 358 g/mol. The summed E-state index contributed by atoms with van der Waals surface area (Å²) in [6, 6.07) is -1.28. The monoisotopic (exact) mass is 383 g/mol. The van der Waals surface area contributed by atoms with Gasteiger partial charge in [0.25, 0.3) is 0 Å². The molecule has 0 saturated carbocycles. The SMILES string of the molecule is CC(=O)N[C@@H]1[C@@H](O[C@H]2O[C@H](CO)[C@@H](O)[C@H](O)[C@@H]2O)[C@H](O)[C@@H](CO)O[C@H]1O. The lowest BCUT2D eigenvalue weighted by Crippen LogP contribution is -2.67. The molecule has 0 radical (unpaired) electrons. The molecule has 2 rings (SSSR count). The van der Waals surface area contributed by atoms with Crippen molar-refractivity contribution in [3.63, 3.8) is 0 Å². The van der Waals surface area contributed by atoms with Gasteiger partial charge in [-0.2, -0.15) is 0 Å². The zero-order valence-corrected chi connectivity index (χ0v) is 14.0. The van der Waals surface area contributed by atoms with Gasteiger partial charge in [0.15, 0.2) is 12.6 Å². The van der Waals surface area contributed by atoms with Crippen LogP contribution in [-0.4, -0.2) is 116 Å². The van der Waals surface area contributed by atoms with Gasteiger partial charge in [-0.1, -0.05) is 0 Å². The molecule has 0 bridgehead atoms. The summed E-state index contributed by atoms with van der Waals surface area (Å²) in [4.78, 5) is 11.4. The Morgan fingerprint density at radius 2 is 1.50 bits per heavy atom. The molecule has 1 amide bonds. The molecule has 0 aromatic heterocycles. The lowest BCUT2D eigenvalue weighted by molar-refractivity contribution is -0.341. The molecule has 12 heteroatoms. The van der Waals surface area contributed by atoms with Crippen molar-refractivity contribution in [2.45, 2.75) is 68.3 Å². The summed E-state index contributed by atoms with van der Waals surface area (Å²) in [6.45, 7) is -0.195. The van der Waals surface area contributed by atoms with Crippen molar-refractivity contribution in [1.82, 2.24) is 5.32 Å². The maximum absolute atomic E-state index is 11.4. The van der Waals surface area contributed by atoms with Crippen molar-refractivity contribution >= 4 is 5.91 Å². The third kappa shape index (κ3) is 4.31. The summed E-state index contributed by atoms with van der Waals surface area (Å²) in [5, 5.41) is 70.7. The highest BCUT2D eigenvalue weighted by Crippen LogP contribution is 2.28. The predicted octanol–water partition coefficient (Wildman–Crippen LogP) is -5.25. The average Bonchev–Trinajstić information content (AvgIpc) is 2.60. The number of carbonyl (C=O) groups is 1. The van der Waals surface area contributed by atoms with Gasteiger partial charge in [-0.25, -0.2) is 0 Å². The summed E-state index contributed by atoms with van der Waals surface area (Å²) in [5.74, 6) is -0.574. The Kier molecular flexibility index (Phi) is 7.27. The first kappa shape index (κ1) is 21.4. The zero-order chi connectivity index (χ0) is 19.6. The fourth-order valence-corrected chi connectivity index (χ4v) is 2.97. The van der Waals surface area contributed by atoms with Crippen LogP contribution in [0, 0.1) is 0 Å². The van der Waals surface area contributed by atoms with Gasteiger partial charge in [-0.15, -0.1) is 0 Å². The normalized spacial score (nSPS) is 46.8. The van der Waals surface area contributed by atoms with E-state index in [1.54, 1.807) is 0 Å². The molecule has 0 unspecified atom stereocenters. The maximum atomic E-state index is 11.4. The molecule has 152 valence electrons. The Bertz CT molecular complexity index is 478. The molecule has 2 fully saturated rings. The van der Waals surface area contributed by atoms with Gasteiger partial charge >= 0.3 is 0 Å². The summed E-state index contributed by atoms with van der Waals surface area (Å²) in [5.41, 5.74) is 0. The van der Waals surface area contributed by atoms with Crippen LogP contribution in [0.1, 0.15) is 6.92 Å². The molecule has 2 heterocycles. The standard InChI is InChI=1S/C14H25NO11/c1-4(18)15-7-12(9(20)6(3-17)24-13(7)23)26-14-11(22)10(21)8(19)5(2-16)25-14/h5-14,16-17,19-23H,2-3H2,1H3,(H,15,18)/t5-,6-,7-,8-,9-,10+,11+,12-,13-,14-/m1/s1. The highest BCUT2D eigenvalue weighted by Gasteiger charge is 2.50. The molecule has 0 aromatic carbocycles. The highest BCUT2D eigenvalue weighted by molar-refractivity contribution is 5.73. The largest absolute Gasteiger partial charge is 0.394 e. The molecular formula is C14H25NO11. The molecule has 2 aliphatic rings. The van der Waals surface area contributed by atoms with E-state index in [-0.39, 0.29) is 0 Å². The van der Waals surface area contributed by atoms with Crippen LogP contribution in [0.3, 0.4) is 0 Å². The van der Waals surface area contributed by atoms with Crippen molar-refractivity contribution in [2.24, 2.45) is 0 Å². The Morgan fingerprint density at radius 1 is 0.923 bits per heavy atom. The van der Waals surface area contributed by atoms with Gasteiger partial charge in [0.1, 0.15) is 48.8 Å². The quantitative estimate of drug-likeness (QED) is 0.226. The summed E-state index contributed by atoms with van der Waals surface area (Å²) < 4.78 is 15.7. The summed E-state index contributed by atoms with van der Waals surface area (Å²) in [6.07, 6.45) is -13.7. The van der Waals surface area contributed by atoms with Gasteiger partial charge in [0.05, 0.1) is 13.2 Å². The summed E-state index contributed by atoms with van der Waals surface area (Å²) >= 11 is 0. The van der Waals surface area contributed by atoms with Crippen molar-refractivity contribution < 1.29 is 54.8 Å². The first-order chi connectivity index (χ1) is 12.2. The van der Waals surface area contributed by atoms with Gasteiger partial charge in [-0.3, -0.25) is 4.79 Å². The van der Waals surface area contributed by atoms with Crippen LogP contribution in [0.4, 0.5) is 0 Å². The number of aliphatic hydroxyl groups excluding tert-OH is 7. The Labute approximate surface area is 148 Å². The maximum Gasteiger partial charge on any atom is 0.217 e. The first-order valence-electron chi connectivity index (χ1n) is 8.06.